The smallest absolute Gasteiger partial charge is 0.256 e. The van der Waals surface area contributed by atoms with Crippen molar-refractivity contribution in [3.8, 4) is 5.69 Å². The summed E-state index contributed by atoms with van der Waals surface area (Å²) in [5, 5.41) is 19.1. The first-order valence-electron chi connectivity index (χ1n) is 9.61. The Hall–Kier alpha value is -3.00. The minimum atomic E-state index is -0.464. The lowest BCUT2D eigenvalue weighted by molar-refractivity contribution is 0.0304. The van der Waals surface area contributed by atoms with Crippen molar-refractivity contribution in [2.75, 3.05) is 13.1 Å². The van der Waals surface area contributed by atoms with Crippen molar-refractivity contribution in [2.24, 2.45) is 11.8 Å². The summed E-state index contributed by atoms with van der Waals surface area (Å²) in [7, 11) is 0. The number of carbonyl (C=O) groups is 1. The first-order valence-corrected chi connectivity index (χ1v) is 9.61. The zero-order valence-electron chi connectivity index (χ0n) is 15.4. The number of aromatic nitrogens is 5. The van der Waals surface area contributed by atoms with E-state index in [0.717, 1.165) is 12.1 Å². The molecule has 1 saturated carbocycles. The van der Waals surface area contributed by atoms with E-state index in [0.29, 0.717) is 36.9 Å². The second-order valence-corrected chi connectivity index (χ2v) is 7.68. The summed E-state index contributed by atoms with van der Waals surface area (Å²) in [5.41, 5.74) is 1.44. The molecule has 2 aliphatic rings. The van der Waals surface area contributed by atoms with Gasteiger partial charge in [0.1, 0.15) is 12.7 Å². The van der Waals surface area contributed by atoms with E-state index in [1.54, 1.807) is 21.9 Å². The fraction of sp³-hybridized carbons (Fsp3) is 0.400. The van der Waals surface area contributed by atoms with Gasteiger partial charge in [-0.1, -0.05) is 12.1 Å². The Morgan fingerprint density at radius 1 is 1.07 bits per heavy atom. The molecule has 5 rings (SSSR count). The maximum atomic E-state index is 13.3. The minimum absolute atomic E-state index is 0.0206. The lowest BCUT2D eigenvalue weighted by atomic mass is 9.77. The van der Waals surface area contributed by atoms with Crippen LogP contribution in [0.1, 0.15) is 29.2 Å². The van der Waals surface area contributed by atoms with Crippen molar-refractivity contribution in [1.82, 2.24) is 29.4 Å². The highest BCUT2D eigenvalue weighted by Gasteiger charge is 2.44. The number of carbonyl (C=O) groups excluding carboxylic acids is 1. The van der Waals surface area contributed by atoms with E-state index in [2.05, 4.69) is 15.2 Å². The third-order valence-electron chi connectivity index (χ3n) is 6.06. The minimum Gasteiger partial charge on any atom is -0.391 e. The van der Waals surface area contributed by atoms with Crippen LogP contribution in [0, 0.1) is 11.8 Å². The van der Waals surface area contributed by atoms with Gasteiger partial charge in [0, 0.05) is 25.5 Å². The Bertz CT molecular complexity index is 955. The van der Waals surface area contributed by atoms with Crippen LogP contribution in [0.5, 0.6) is 0 Å². The molecular weight excluding hydrogens is 356 g/mol. The predicted molar refractivity (Wildman–Crippen MR) is 101 cm³/mol. The Kier molecular flexibility index (Phi) is 4.20. The molecule has 3 aromatic rings. The first kappa shape index (κ1) is 17.1. The van der Waals surface area contributed by atoms with E-state index in [1.807, 2.05) is 41.4 Å². The maximum absolute atomic E-state index is 13.3. The molecule has 28 heavy (non-hydrogen) atoms. The van der Waals surface area contributed by atoms with Gasteiger partial charge in [0.25, 0.3) is 5.91 Å². The lowest BCUT2D eigenvalue weighted by Crippen LogP contribution is -2.36. The van der Waals surface area contributed by atoms with Crippen LogP contribution in [-0.2, 0) is 0 Å². The van der Waals surface area contributed by atoms with Gasteiger partial charge < -0.3 is 10.0 Å². The average Bonchev–Trinajstić information content (AvgIpc) is 3.47. The topological polar surface area (TPSA) is 89.1 Å². The van der Waals surface area contributed by atoms with Gasteiger partial charge in [-0.25, -0.2) is 14.3 Å². The lowest BCUT2D eigenvalue weighted by Gasteiger charge is -2.34. The quantitative estimate of drug-likeness (QED) is 0.747. The molecule has 2 fully saturated rings. The number of hydrogen-bond donors (Lipinski definition) is 1. The fourth-order valence-electron chi connectivity index (χ4n) is 4.68. The number of aliphatic hydroxyl groups is 1. The van der Waals surface area contributed by atoms with Crippen molar-refractivity contribution in [3.05, 3.63) is 60.9 Å². The van der Waals surface area contributed by atoms with Gasteiger partial charge in [-0.2, -0.15) is 10.2 Å². The van der Waals surface area contributed by atoms with Crippen LogP contribution in [0.3, 0.4) is 0 Å². The summed E-state index contributed by atoms with van der Waals surface area (Å²) < 4.78 is 3.47. The molecule has 1 aliphatic carbocycles. The molecule has 0 unspecified atom stereocenters. The van der Waals surface area contributed by atoms with E-state index in [-0.39, 0.29) is 11.9 Å². The van der Waals surface area contributed by atoms with Gasteiger partial charge >= 0.3 is 0 Å². The highest BCUT2D eigenvalue weighted by atomic mass is 16.3. The van der Waals surface area contributed by atoms with Gasteiger partial charge in [0.15, 0.2) is 0 Å². The molecule has 144 valence electrons. The van der Waals surface area contributed by atoms with Crippen LogP contribution in [0.2, 0.25) is 0 Å². The van der Waals surface area contributed by atoms with E-state index in [9.17, 15) is 9.90 Å². The third-order valence-corrected chi connectivity index (χ3v) is 6.06. The predicted octanol–water partition coefficient (Wildman–Crippen LogP) is 1.55. The van der Waals surface area contributed by atoms with Gasteiger partial charge in [0.05, 0.1) is 23.4 Å². The van der Waals surface area contributed by atoms with Crippen LogP contribution >= 0.6 is 0 Å². The summed E-state index contributed by atoms with van der Waals surface area (Å²) in [6.45, 7) is 1.38. The summed E-state index contributed by atoms with van der Waals surface area (Å²) in [5.74, 6) is 0.696. The second-order valence-electron chi connectivity index (χ2n) is 7.68. The number of benzene rings is 1. The summed E-state index contributed by atoms with van der Waals surface area (Å²) in [4.78, 5) is 19.2. The number of amides is 1. The normalized spacial score (nSPS) is 27.0. The Labute approximate surface area is 162 Å². The van der Waals surface area contributed by atoms with Gasteiger partial charge in [-0.05, 0) is 42.9 Å². The van der Waals surface area contributed by atoms with Gasteiger partial charge in [0.2, 0.25) is 0 Å². The van der Waals surface area contributed by atoms with Crippen LogP contribution < -0.4 is 0 Å². The zero-order valence-corrected chi connectivity index (χ0v) is 15.4. The Morgan fingerprint density at radius 3 is 2.64 bits per heavy atom. The summed E-state index contributed by atoms with van der Waals surface area (Å²) in [6, 6.07) is 9.33. The molecule has 8 heteroatoms. The SMILES string of the molecule is O=C(c1ccccc1-n1cccn1)N1C[C@H]2C[C@@H](n3cncn3)[C@H](O)C[C@H]2C1. The van der Waals surface area contributed by atoms with E-state index < -0.39 is 6.10 Å². The molecule has 3 heterocycles. The van der Waals surface area contributed by atoms with Crippen molar-refractivity contribution in [1.29, 1.82) is 0 Å². The molecule has 2 aromatic heterocycles. The summed E-state index contributed by atoms with van der Waals surface area (Å²) >= 11 is 0. The molecule has 1 aliphatic heterocycles. The van der Waals surface area contributed by atoms with Crippen molar-refractivity contribution < 1.29 is 9.90 Å². The third kappa shape index (κ3) is 2.90. The number of para-hydroxylation sites is 1. The highest BCUT2D eigenvalue weighted by molar-refractivity contribution is 5.98. The largest absolute Gasteiger partial charge is 0.391 e. The zero-order chi connectivity index (χ0) is 19.1. The van der Waals surface area contributed by atoms with Crippen molar-refractivity contribution >= 4 is 5.91 Å². The molecule has 1 amide bonds. The maximum Gasteiger partial charge on any atom is 0.256 e. The van der Waals surface area contributed by atoms with Crippen LogP contribution in [0.4, 0.5) is 0 Å². The molecule has 1 aromatic carbocycles. The molecule has 8 nitrogen and oxygen atoms in total. The first-order chi connectivity index (χ1) is 13.7. The molecule has 0 radical (unpaired) electrons. The molecule has 1 N–H and O–H groups in total. The molecule has 1 saturated heterocycles. The van der Waals surface area contributed by atoms with Crippen LogP contribution in [-0.4, -0.2) is 59.7 Å². The molecule has 0 bridgehead atoms. The standard InChI is InChI=1S/C20H22N6O2/c27-19-9-15-11-24(10-14(15)8-18(19)26-13-21-12-23-26)20(28)16-4-1-2-5-17(16)25-7-3-6-22-25/h1-7,12-15,18-19,27H,8-11H2/t14-,15+,18-,19-/m1/s1. The Balaban J connectivity index is 1.36. The van der Waals surface area contributed by atoms with Crippen molar-refractivity contribution in [2.45, 2.75) is 25.0 Å². The van der Waals surface area contributed by atoms with Gasteiger partial charge in [-0.15, -0.1) is 0 Å². The number of rotatable bonds is 3. The fourth-order valence-corrected chi connectivity index (χ4v) is 4.68. The Morgan fingerprint density at radius 2 is 1.89 bits per heavy atom. The van der Waals surface area contributed by atoms with Crippen molar-refractivity contribution in [3.63, 3.8) is 0 Å². The molecule has 0 spiro atoms. The number of nitrogens with zero attached hydrogens (tertiary/aromatic N) is 6. The van der Waals surface area contributed by atoms with Gasteiger partial charge in [-0.3, -0.25) is 4.79 Å². The number of fused-ring (bicyclic) bond motifs is 1. The monoisotopic (exact) mass is 378 g/mol. The van der Waals surface area contributed by atoms with E-state index in [1.165, 1.54) is 6.33 Å². The second kappa shape index (κ2) is 6.87. The van der Waals surface area contributed by atoms with E-state index >= 15 is 0 Å². The van der Waals surface area contributed by atoms with Crippen LogP contribution in [0.25, 0.3) is 5.69 Å². The summed E-state index contributed by atoms with van der Waals surface area (Å²) in [6.07, 6.45) is 7.72. The van der Waals surface area contributed by atoms with E-state index in [4.69, 9.17) is 0 Å². The number of aliphatic hydroxyl groups excluding tert-OH is 1. The molecule has 4 atom stereocenters. The van der Waals surface area contributed by atoms with Crippen LogP contribution in [0.15, 0.2) is 55.4 Å². The molecular formula is C20H22N6O2. The average molecular weight is 378 g/mol. The number of likely N-dealkylation sites (tertiary alicyclic amines) is 1. The highest BCUT2D eigenvalue weighted by Crippen LogP contribution is 2.41. The number of hydrogen-bond acceptors (Lipinski definition) is 5.